The molecule has 2 aromatic heterocycles. The lowest BCUT2D eigenvalue weighted by atomic mass is 10.2. The van der Waals surface area contributed by atoms with Crippen LogP contribution in [0.1, 0.15) is 19.7 Å². The Morgan fingerprint density at radius 2 is 2.15 bits per heavy atom. The molecule has 0 radical (unpaired) electrons. The second-order valence-corrected chi connectivity index (χ2v) is 8.08. The number of anilines is 1. The lowest BCUT2D eigenvalue weighted by molar-refractivity contribution is -0.133. The average molecular weight is 406 g/mol. The van der Waals surface area contributed by atoms with Gasteiger partial charge in [-0.3, -0.25) is 0 Å². The minimum absolute atomic E-state index is 0.00578. The van der Waals surface area contributed by atoms with E-state index in [-0.39, 0.29) is 29.0 Å². The predicted molar refractivity (Wildman–Crippen MR) is 107 cm³/mol. The molecule has 0 unspecified atom stereocenters. The summed E-state index contributed by atoms with van der Waals surface area (Å²) in [6.45, 7) is 4.03. The minimum atomic E-state index is -0.661. The summed E-state index contributed by atoms with van der Waals surface area (Å²) >= 11 is 2.67. The minimum Gasteiger partial charge on any atom is -0.510 e. The lowest BCUT2D eigenvalue weighted by Crippen LogP contribution is -2.09. The molecule has 2 heterocycles. The summed E-state index contributed by atoms with van der Waals surface area (Å²) in [4.78, 5) is 19.6. The molecule has 0 fully saturated rings. The molecule has 0 atom stereocenters. The van der Waals surface area contributed by atoms with E-state index in [9.17, 15) is 9.90 Å². The number of nitrogens with one attached hydrogen (secondary N) is 2. The lowest BCUT2D eigenvalue weighted by Gasteiger charge is -2.06. The molecule has 3 aromatic rings. The summed E-state index contributed by atoms with van der Waals surface area (Å²) in [6, 6.07) is 7.63. The maximum atomic E-state index is 12.2. The SMILES string of the molecule is COC(=O)/C(=C(/O)CSc1nnc(NC(C)C)s1)c1nc2ccccc2[nH]1. The molecule has 10 heteroatoms. The first-order chi connectivity index (χ1) is 13.0. The molecule has 0 spiro atoms. The smallest absolute Gasteiger partial charge is 0.345 e. The van der Waals surface area contributed by atoms with Gasteiger partial charge in [0.2, 0.25) is 5.13 Å². The van der Waals surface area contributed by atoms with Crippen LogP contribution < -0.4 is 5.32 Å². The molecule has 0 aliphatic carbocycles. The van der Waals surface area contributed by atoms with Crippen LogP contribution in [0.15, 0.2) is 34.4 Å². The average Bonchev–Trinajstić information content (AvgIpc) is 3.25. The van der Waals surface area contributed by atoms with Crippen LogP contribution in [0.5, 0.6) is 0 Å². The number of H-pyrrole nitrogens is 1. The Balaban J connectivity index is 1.83. The number of hydrogen-bond donors (Lipinski definition) is 3. The number of aromatic amines is 1. The first-order valence-electron chi connectivity index (χ1n) is 8.16. The van der Waals surface area contributed by atoms with Gasteiger partial charge >= 0.3 is 5.97 Å². The second kappa shape index (κ2) is 8.40. The Morgan fingerprint density at radius 1 is 1.37 bits per heavy atom. The Morgan fingerprint density at radius 3 is 2.85 bits per heavy atom. The van der Waals surface area contributed by atoms with Gasteiger partial charge < -0.3 is 20.1 Å². The maximum Gasteiger partial charge on any atom is 0.345 e. The fraction of sp³-hybridized carbons (Fsp3) is 0.294. The van der Waals surface area contributed by atoms with E-state index in [1.807, 2.05) is 38.1 Å². The van der Waals surface area contributed by atoms with Crippen molar-refractivity contribution < 1.29 is 14.6 Å². The molecule has 0 bridgehead atoms. The molecule has 0 aliphatic heterocycles. The first-order valence-corrected chi connectivity index (χ1v) is 9.96. The fourth-order valence-corrected chi connectivity index (χ4v) is 4.08. The second-order valence-electron chi connectivity index (χ2n) is 5.88. The molecule has 0 saturated carbocycles. The van der Waals surface area contributed by atoms with Crippen molar-refractivity contribution >= 4 is 50.8 Å². The number of aliphatic hydroxyl groups excluding tert-OH is 1. The summed E-state index contributed by atoms with van der Waals surface area (Å²) in [5, 5.41) is 22.5. The zero-order chi connectivity index (χ0) is 19.4. The number of thioether (sulfide) groups is 1. The van der Waals surface area contributed by atoms with E-state index in [1.165, 1.54) is 30.2 Å². The molecule has 0 aliphatic rings. The van der Waals surface area contributed by atoms with E-state index in [4.69, 9.17) is 4.74 Å². The fourth-order valence-electron chi connectivity index (χ4n) is 2.30. The number of benzene rings is 1. The van der Waals surface area contributed by atoms with Crippen molar-refractivity contribution in [3.05, 3.63) is 35.8 Å². The van der Waals surface area contributed by atoms with E-state index in [0.717, 1.165) is 5.52 Å². The van der Waals surface area contributed by atoms with Crippen molar-refractivity contribution in [2.45, 2.75) is 24.2 Å². The van der Waals surface area contributed by atoms with E-state index in [0.29, 0.717) is 15.0 Å². The van der Waals surface area contributed by atoms with Crippen LogP contribution in [0.3, 0.4) is 0 Å². The Hall–Kier alpha value is -2.59. The van der Waals surface area contributed by atoms with Crippen LogP contribution in [-0.4, -0.2) is 50.1 Å². The number of imidazole rings is 1. The summed E-state index contributed by atoms with van der Waals surface area (Å²) in [5.41, 5.74) is 1.47. The number of aliphatic hydroxyl groups is 1. The van der Waals surface area contributed by atoms with Crippen molar-refractivity contribution in [1.29, 1.82) is 0 Å². The standard InChI is InChI=1S/C17H19N5O3S2/c1-9(2)18-16-21-22-17(27-16)26-8-12(23)13(15(24)25-3)14-19-10-6-4-5-7-11(10)20-14/h4-7,9,23H,8H2,1-3H3,(H,18,21)(H,19,20)/b13-12+. The monoisotopic (exact) mass is 405 g/mol. The molecular formula is C17H19N5O3S2. The van der Waals surface area contributed by atoms with Crippen molar-refractivity contribution in [3.8, 4) is 0 Å². The third-order valence-corrected chi connectivity index (χ3v) is 5.45. The third kappa shape index (κ3) is 4.58. The van der Waals surface area contributed by atoms with Crippen molar-refractivity contribution in [2.24, 2.45) is 0 Å². The number of carbonyl (C=O) groups excluding carboxylic acids is 1. The largest absolute Gasteiger partial charge is 0.510 e. The van der Waals surface area contributed by atoms with Crippen LogP contribution in [0.4, 0.5) is 5.13 Å². The van der Waals surface area contributed by atoms with Crippen LogP contribution in [0.25, 0.3) is 16.6 Å². The number of esters is 1. The van der Waals surface area contributed by atoms with E-state index >= 15 is 0 Å². The molecule has 0 saturated heterocycles. The van der Waals surface area contributed by atoms with Gasteiger partial charge in [-0.2, -0.15) is 0 Å². The van der Waals surface area contributed by atoms with Gasteiger partial charge in [-0.1, -0.05) is 35.2 Å². The van der Waals surface area contributed by atoms with Gasteiger partial charge in [-0.25, -0.2) is 9.78 Å². The topological polar surface area (TPSA) is 113 Å². The van der Waals surface area contributed by atoms with Gasteiger partial charge in [0, 0.05) is 6.04 Å². The summed E-state index contributed by atoms with van der Waals surface area (Å²) in [6.07, 6.45) is 0. The first kappa shape index (κ1) is 19.2. The highest BCUT2D eigenvalue weighted by atomic mass is 32.2. The van der Waals surface area contributed by atoms with Crippen LogP contribution in [-0.2, 0) is 9.53 Å². The van der Waals surface area contributed by atoms with Gasteiger partial charge in [0.15, 0.2) is 4.34 Å². The molecule has 3 N–H and O–H groups in total. The molecule has 1 aromatic carbocycles. The summed E-state index contributed by atoms with van der Waals surface area (Å²) in [7, 11) is 1.26. The van der Waals surface area contributed by atoms with Crippen molar-refractivity contribution in [2.75, 3.05) is 18.2 Å². The highest BCUT2D eigenvalue weighted by Gasteiger charge is 2.22. The number of aromatic nitrogens is 4. The Bertz CT molecular complexity index is 947. The predicted octanol–water partition coefficient (Wildman–Crippen LogP) is 3.47. The van der Waals surface area contributed by atoms with E-state index in [2.05, 4.69) is 25.5 Å². The van der Waals surface area contributed by atoms with Crippen LogP contribution in [0.2, 0.25) is 0 Å². The number of rotatable bonds is 7. The van der Waals surface area contributed by atoms with Crippen molar-refractivity contribution in [1.82, 2.24) is 20.2 Å². The Labute approximate surface area is 164 Å². The number of fused-ring (bicyclic) bond motifs is 1. The molecule has 8 nitrogen and oxygen atoms in total. The summed E-state index contributed by atoms with van der Waals surface area (Å²) < 4.78 is 5.50. The van der Waals surface area contributed by atoms with Gasteiger partial charge in [0.1, 0.15) is 17.2 Å². The molecule has 142 valence electrons. The zero-order valence-corrected chi connectivity index (χ0v) is 16.6. The zero-order valence-electron chi connectivity index (χ0n) is 15.0. The highest BCUT2D eigenvalue weighted by Crippen LogP contribution is 2.29. The quantitative estimate of drug-likeness (QED) is 0.237. The van der Waals surface area contributed by atoms with Gasteiger partial charge in [0.25, 0.3) is 0 Å². The number of methoxy groups -OCH3 is 1. The Kier molecular flexibility index (Phi) is 5.97. The molecule has 3 rings (SSSR count). The number of para-hydroxylation sites is 2. The van der Waals surface area contributed by atoms with Crippen LogP contribution >= 0.6 is 23.1 Å². The van der Waals surface area contributed by atoms with Gasteiger partial charge in [-0.05, 0) is 26.0 Å². The third-order valence-electron chi connectivity index (χ3n) is 3.46. The number of hydrogen-bond acceptors (Lipinski definition) is 9. The molecule has 0 amide bonds. The highest BCUT2D eigenvalue weighted by molar-refractivity contribution is 8.01. The van der Waals surface area contributed by atoms with Crippen molar-refractivity contribution in [3.63, 3.8) is 0 Å². The maximum absolute atomic E-state index is 12.2. The number of nitrogens with zero attached hydrogens (tertiary/aromatic N) is 3. The summed E-state index contributed by atoms with van der Waals surface area (Å²) in [5.74, 6) is -0.399. The van der Waals surface area contributed by atoms with Gasteiger partial charge in [-0.15, -0.1) is 10.2 Å². The van der Waals surface area contributed by atoms with Gasteiger partial charge in [0.05, 0.1) is 23.9 Å². The number of ether oxygens (including phenoxy) is 1. The molecular weight excluding hydrogens is 386 g/mol. The van der Waals surface area contributed by atoms with Crippen LogP contribution in [0, 0.1) is 0 Å². The number of carbonyl (C=O) groups is 1. The van der Waals surface area contributed by atoms with E-state index < -0.39 is 5.97 Å². The van der Waals surface area contributed by atoms with E-state index in [1.54, 1.807) is 0 Å². The molecule has 27 heavy (non-hydrogen) atoms. The normalized spacial score (nSPS) is 12.3.